The van der Waals surface area contributed by atoms with E-state index in [2.05, 4.69) is 17.6 Å². The summed E-state index contributed by atoms with van der Waals surface area (Å²) < 4.78 is 0. The van der Waals surface area contributed by atoms with Gasteiger partial charge in [0.05, 0.1) is 12.1 Å². The molecule has 10 heteroatoms. The second-order valence-corrected chi connectivity index (χ2v) is 16.4. The molecule has 2 aromatic carbocycles. The van der Waals surface area contributed by atoms with Crippen LogP contribution in [0, 0.1) is 23.7 Å². The van der Waals surface area contributed by atoms with Crippen LogP contribution >= 0.6 is 0 Å². The fraction of sp³-hybridized carbons (Fsp3) is 0.630. The Balaban J connectivity index is 1.93. The fourth-order valence-corrected chi connectivity index (χ4v) is 7.11. The number of unbranched alkanes of at least 4 members (excludes halogenated alkanes) is 4. The zero-order valence-electron chi connectivity index (χ0n) is 35.1. The van der Waals surface area contributed by atoms with E-state index in [0.717, 1.165) is 43.2 Å². The third-order valence-electron chi connectivity index (χ3n) is 10.2. The summed E-state index contributed by atoms with van der Waals surface area (Å²) in [5, 5.41) is 6.05. The number of rotatable bonds is 30. The maximum Gasteiger partial charge on any atom is 0.223 e. The maximum atomic E-state index is 13.4. The molecule has 312 valence electrons. The molecular weight excluding hydrogens is 703 g/mol. The van der Waals surface area contributed by atoms with E-state index in [0.29, 0.717) is 71.1 Å². The number of nitrogens with zero attached hydrogens (tertiary/aromatic N) is 1. The zero-order chi connectivity index (χ0) is 41.3. The van der Waals surface area contributed by atoms with Crippen LogP contribution in [0.5, 0.6) is 0 Å². The second kappa shape index (κ2) is 27.7. The Bertz CT molecular complexity index is 1340. The summed E-state index contributed by atoms with van der Waals surface area (Å²) in [6.45, 7) is 12.0. The van der Waals surface area contributed by atoms with Crippen LogP contribution in [0.2, 0.25) is 0 Å². The van der Waals surface area contributed by atoms with E-state index in [-0.39, 0.29) is 54.0 Å². The summed E-state index contributed by atoms with van der Waals surface area (Å²) in [6.07, 6.45) is 9.06. The number of carbonyl (C=O) groups is 5. The highest BCUT2D eigenvalue weighted by molar-refractivity contribution is 5.90. The Morgan fingerprint density at radius 2 is 1.00 bits per heavy atom. The largest absolute Gasteiger partial charge is 0.356 e. The van der Waals surface area contributed by atoms with Crippen LogP contribution in [0.1, 0.15) is 123 Å². The monoisotopic (exact) mass is 776 g/mol. The van der Waals surface area contributed by atoms with E-state index < -0.39 is 23.9 Å². The number of hydrogen-bond donors (Lipinski definition) is 4. The van der Waals surface area contributed by atoms with Gasteiger partial charge >= 0.3 is 0 Å². The number of ketones is 2. The standard InChI is InChI=1S/C46H73N5O5/c1-6-7-8-9-16-23-44(54)51(26-17-24-49-45(55)38(28-34(2)3)32-42(52)40(47)30-36-19-12-10-13-20-36)27-18-25-50-46(56)39(29-35(4)5)33-43(53)41(48)31-37-21-14-11-15-22-37/h10-15,19-22,34-35,38-41H,6-9,16-18,23-33,47-48H2,1-5H3,(H,49,55)(H,50,56)/t38-,39-,40+,41+/m0/s1. The fourth-order valence-electron chi connectivity index (χ4n) is 7.11. The van der Waals surface area contributed by atoms with Crippen molar-refractivity contribution in [3.05, 3.63) is 71.8 Å². The van der Waals surface area contributed by atoms with Gasteiger partial charge in [-0.25, -0.2) is 0 Å². The zero-order valence-corrected chi connectivity index (χ0v) is 35.1. The van der Waals surface area contributed by atoms with Gasteiger partial charge in [0.1, 0.15) is 0 Å². The number of hydrogen-bond acceptors (Lipinski definition) is 7. The molecule has 2 rings (SSSR count). The predicted octanol–water partition coefficient (Wildman–Crippen LogP) is 6.57. The number of nitrogens with two attached hydrogens (primary N) is 2. The molecule has 0 saturated heterocycles. The summed E-state index contributed by atoms with van der Waals surface area (Å²) >= 11 is 0. The Morgan fingerprint density at radius 1 is 0.589 bits per heavy atom. The minimum absolute atomic E-state index is 0.0746. The lowest BCUT2D eigenvalue weighted by molar-refractivity contribution is -0.131. The molecule has 0 aromatic heterocycles. The molecule has 4 atom stereocenters. The van der Waals surface area contributed by atoms with Crippen molar-refractivity contribution in [2.45, 2.75) is 137 Å². The number of benzene rings is 2. The van der Waals surface area contributed by atoms with E-state index in [1.807, 2.05) is 93.3 Å². The highest BCUT2D eigenvalue weighted by Crippen LogP contribution is 2.20. The van der Waals surface area contributed by atoms with Crippen molar-refractivity contribution >= 4 is 29.3 Å². The first-order valence-corrected chi connectivity index (χ1v) is 21.3. The van der Waals surface area contributed by atoms with Crippen molar-refractivity contribution in [3.8, 4) is 0 Å². The maximum absolute atomic E-state index is 13.4. The van der Waals surface area contributed by atoms with Gasteiger partial charge in [-0.3, -0.25) is 24.0 Å². The molecular formula is C46H73N5O5. The molecule has 0 bridgehead atoms. The quantitative estimate of drug-likeness (QED) is 0.0652. The van der Waals surface area contributed by atoms with E-state index in [1.165, 1.54) is 0 Å². The van der Waals surface area contributed by atoms with Crippen molar-refractivity contribution in [1.29, 1.82) is 0 Å². The highest BCUT2D eigenvalue weighted by atomic mass is 16.2. The molecule has 0 aliphatic heterocycles. The first kappa shape index (κ1) is 48.3. The Labute approximate surface area is 337 Å². The molecule has 10 nitrogen and oxygen atoms in total. The van der Waals surface area contributed by atoms with Gasteiger partial charge in [-0.15, -0.1) is 0 Å². The number of amides is 3. The van der Waals surface area contributed by atoms with Crippen molar-refractivity contribution in [2.75, 3.05) is 26.2 Å². The van der Waals surface area contributed by atoms with E-state index in [4.69, 9.17) is 11.5 Å². The Kier molecular flexibility index (Phi) is 23.8. The molecule has 0 fully saturated rings. The van der Waals surface area contributed by atoms with Gasteiger partial charge < -0.3 is 27.0 Å². The number of Topliss-reactive ketones (excluding diaryl/α,β-unsaturated/α-hetero) is 2. The lowest BCUT2D eigenvalue weighted by Gasteiger charge is -2.24. The van der Waals surface area contributed by atoms with Crippen LogP contribution in [0.3, 0.4) is 0 Å². The normalized spacial score (nSPS) is 13.5. The van der Waals surface area contributed by atoms with Crippen LogP contribution in [-0.4, -0.2) is 72.5 Å². The summed E-state index contributed by atoms with van der Waals surface area (Å²) in [6, 6.07) is 18.0. The predicted molar refractivity (Wildman–Crippen MR) is 227 cm³/mol. The van der Waals surface area contributed by atoms with Gasteiger partial charge in [0, 0.05) is 57.3 Å². The number of carbonyl (C=O) groups excluding carboxylic acids is 5. The third-order valence-corrected chi connectivity index (χ3v) is 10.2. The average Bonchev–Trinajstić information content (AvgIpc) is 3.16. The van der Waals surface area contributed by atoms with Crippen molar-refractivity contribution in [3.63, 3.8) is 0 Å². The van der Waals surface area contributed by atoms with Gasteiger partial charge in [-0.05, 0) is 67.9 Å². The van der Waals surface area contributed by atoms with Crippen LogP contribution in [0.25, 0.3) is 0 Å². The highest BCUT2D eigenvalue weighted by Gasteiger charge is 2.27. The lowest BCUT2D eigenvalue weighted by Crippen LogP contribution is -2.40. The summed E-state index contributed by atoms with van der Waals surface area (Å²) in [7, 11) is 0. The van der Waals surface area contributed by atoms with Gasteiger partial charge in [-0.1, -0.05) is 121 Å². The van der Waals surface area contributed by atoms with Crippen LogP contribution < -0.4 is 22.1 Å². The molecule has 2 aromatic rings. The SMILES string of the molecule is CCCCCCCC(=O)N(CCCNC(=O)[C@H](CC(=O)[C@H](N)Cc1ccccc1)CC(C)C)CCCNC(=O)[C@H](CC(=O)[C@H](N)Cc1ccccc1)CC(C)C. The first-order chi connectivity index (χ1) is 26.8. The molecule has 0 spiro atoms. The van der Waals surface area contributed by atoms with Gasteiger partial charge in [-0.2, -0.15) is 0 Å². The minimum Gasteiger partial charge on any atom is -0.356 e. The first-order valence-electron chi connectivity index (χ1n) is 21.3. The summed E-state index contributed by atoms with van der Waals surface area (Å²) in [5.74, 6) is -0.965. The van der Waals surface area contributed by atoms with Crippen molar-refractivity contribution in [1.82, 2.24) is 15.5 Å². The molecule has 3 amide bonds. The van der Waals surface area contributed by atoms with E-state index in [1.54, 1.807) is 0 Å². The van der Waals surface area contributed by atoms with Crippen LogP contribution in [0.15, 0.2) is 60.7 Å². The van der Waals surface area contributed by atoms with Crippen molar-refractivity contribution in [2.24, 2.45) is 35.1 Å². The van der Waals surface area contributed by atoms with E-state index in [9.17, 15) is 24.0 Å². The van der Waals surface area contributed by atoms with Crippen LogP contribution in [0.4, 0.5) is 0 Å². The second-order valence-electron chi connectivity index (χ2n) is 16.4. The smallest absolute Gasteiger partial charge is 0.223 e. The van der Waals surface area contributed by atoms with Gasteiger partial charge in [0.2, 0.25) is 17.7 Å². The summed E-state index contributed by atoms with van der Waals surface area (Å²) in [5.41, 5.74) is 14.5. The molecule has 0 aliphatic rings. The molecule has 0 unspecified atom stereocenters. The van der Waals surface area contributed by atoms with Gasteiger partial charge in [0.15, 0.2) is 11.6 Å². The van der Waals surface area contributed by atoms with Crippen molar-refractivity contribution < 1.29 is 24.0 Å². The molecule has 0 radical (unpaired) electrons. The third kappa shape index (κ3) is 20.3. The van der Waals surface area contributed by atoms with Gasteiger partial charge in [0.25, 0.3) is 0 Å². The Morgan fingerprint density at radius 3 is 1.39 bits per heavy atom. The average molecular weight is 776 g/mol. The topological polar surface area (TPSA) is 165 Å². The number of nitrogens with one attached hydrogen (secondary N) is 2. The molecule has 0 saturated carbocycles. The minimum atomic E-state index is -0.669. The lowest BCUT2D eigenvalue weighted by atomic mass is 9.88. The van der Waals surface area contributed by atoms with Crippen LogP contribution in [-0.2, 0) is 36.8 Å². The molecule has 56 heavy (non-hydrogen) atoms. The molecule has 0 aliphatic carbocycles. The molecule has 0 heterocycles. The summed E-state index contributed by atoms with van der Waals surface area (Å²) in [4.78, 5) is 68.0. The Hall–Kier alpha value is -3.89. The van der Waals surface area contributed by atoms with E-state index >= 15 is 0 Å². The molecule has 6 N–H and O–H groups in total.